The number of ether oxygens (including phenoxy) is 2. The van der Waals surface area contributed by atoms with Crippen molar-refractivity contribution in [1.82, 2.24) is 10.3 Å². The van der Waals surface area contributed by atoms with Crippen molar-refractivity contribution < 1.29 is 18.7 Å². The molecule has 2 atom stereocenters. The molecule has 1 aromatic carbocycles. The zero-order valence-electron chi connectivity index (χ0n) is 13.2. The lowest BCUT2D eigenvalue weighted by Crippen LogP contribution is -2.35. The second-order valence-corrected chi connectivity index (χ2v) is 5.97. The number of carbonyl (C=O) groups is 1. The van der Waals surface area contributed by atoms with Crippen LogP contribution in [-0.2, 0) is 4.74 Å². The molecule has 1 aliphatic rings. The second-order valence-electron chi connectivity index (χ2n) is 5.56. The summed E-state index contributed by atoms with van der Waals surface area (Å²) in [6, 6.07) is 5.98. The minimum absolute atomic E-state index is 0.0382. The number of carbonyl (C=O) groups excluding carboxylic acids is 1. The van der Waals surface area contributed by atoms with Crippen LogP contribution in [0.2, 0.25) is 5.02 Å². The molecule has 1 aliphatic heterocycles. The Morgan fingerprint density at radius 2 is 2.28 bits per heavy atom. The van der Waals surface area contributed by atoms with Gasteiger partial charge < -0.3 is 20.5 Å². The summed E-state index contributed by atoms with van der Waals surface area (Å²) in [6.45, 7) is 1.51. The van der Waals surface area contributed by atoms with E-state index in [1.54, 1.807) is 6.07 Å². The Labute approximate surface area is 149 Å². The normalized spacial score (nSPS) is 20.7. The average molecular weight is 366 g/mol. The third kappa shape index (κ3) is 4.07. The predicted octanol–water partition coefficient (Wildman–Crippen LogP) is 2.08. The van der Waals surface area contributed by atoms with E-state index in [4.69, 9.17) is 26.8 Å². The van der Waals surface area contributed by atoms with Crippen LogP contribution in [0.5, 0.6) is 5.75 Å². The van der Waals surface area contributed by atoms with Crippen molar-refractivity contribution >= 4 is 17.5 Å². The van der Waals surface area contributed by atoms with Gasteiger partial charge in [-0.05, 0) is 23.8 Å². The molecule has 0 saturated carbocycles. The third-order valence-electron chi connectivity index (χ3n) is 3.86. The molecule has 3 N–H and O–H groups in total. The monoisotopic (exact) mass is 365 g/mol. The smallest absolute Gasteiger partial charge is 0.252 e. The van der Waals surface area contributed by atoms with Crippen LogP contribution in [0.25, 0.3) is 0 Å². The van der Waals surface area contributed by atoms with Crippen LogP contribution in [0.1, 0.15) is 22.0 Å². The van der Waals surface area contributed by atoms with E-state index in [2.05, 4.69) is 10.3 Å². The topological polar surface area (TPSA) is 86.5 Å². The molecule has 25 heavy (non-hydrogen) atoms. The maximum atomic E-state index is 13.8. The number of aromatic nitrogens is 1. The summed E-state index contributed by atoms with van der Waals surface area (Å²) in [5, 5.41) is 3.22. The van der Waals surface area contributed by atoms with E-state index in [9.17, 15) is 9.18 Å². The largest absolute Gasteiger partial charge is 0.484 e. The maximum Gasteiger partial charge on any atom is 0.252 e. The van der Waals surface area contributed by atoms with Gasteiger partial charge in [-0.3, -0.25) is 9.78 Å². The van der Waals surface area contributed by atoms with Crippen molar-refractivity contribution in [3.8, 4) is 5.75 Å². The van der Waals surface area contributed by atoms with Crippen LogP contribution >= 0.6 is 11.6 Å². The highest BCUT2D eigenvalue weighted by Crippen LogP contribution is 2.29. The van der Waals surface area contributed by atoms with Crippen LogP contribution < -0.4 is 15.8 Å². The number of nitrogens with zero attached hydrogens (tertiary/aromatic N) is 1. The van der Waals surface area contributed by atoms with Crippen molar-refractivity contribution in [3.63, 3.8) is 0 Å². The van der Waals surface area contributed by atoms with Crippen LogP contribution in [0.15, 0.2) is 36.7 Å². The average Bonchev–Trinajstić information content (AvgIpc) is 2.83. The summed E-state index contributed by atoms with van der Waals surface area (Å²) in [6.07, 6.45) is 1.83. The molecule has 1 fully saturated rings. The van der Waals surface area contributed by atoms with Crippen molar-refractivity contribution in [3.05, 3.63) is 58.6 Å². The lowest BCUT2D eigenvalue weighted by Gasteiger charge is -2.26. The number of halogens is 2. The van der Waals surface area contributed by atoms with E-state index in [0.717, 1.165) is 0 Å². The number of hydrogen-bond acceptors (Lipinski definition) is 5. The van der Waals surface area contributed by atoms with Crippen molar-refractivity contribution in [2.45, 2.75) is 12.2 Å². The third-order valence-corrected chi connectivity index (χ3v) is 4.17. The van der Waals surface area contributed by atoms with Crippen molar-refractivity contribution in [1.29, 1.82) is 0 Å². The molecule has 0 aliphatic carbocycles. The maximum absolute atomic E-state index is 13.8. The van der Waals surface area contributed by atoms with Gasteiger partial charge in [-0.25, -0.2) is 4.39 Å². The molecule has 0 radical (unpaired) electrons. The molecule has 1 aromatic heterocycles. The number of benzene rings is 1. The Morgan fingerprint density at radius 1 is 1.44 bits per heavy atom. The first-order valence-electron chi connectivity index (χ1n) is 7.74. The summed E-state index contributed by atoms with van der Waals surface area (Å²) in [7, 11) is 0. The van der Waals surface area contributed by atoms with Gasteiger partial charge in [0, 0.05) is 19.3 Å². The van der Waals surface area contributed by atoms with Crippen molar-refractivity contribution in [2.75, 3.05) is 19.7 Å². The molecular formula is C17H17ClFN3O3. The highest BCUT2D eigenvalue weighted by Gasteiger charge is 2.29. The van der Waals surface area contributed by atoms with E-state index in [0.29, 0.717) is 25.3 Å². The second kappa shape index (κ2) is 7.77. The van der Waals surface area contributed by atoms with E-state index >= 15 is 0 Å². The fraction of sp³-hybridized carbons (Fsp3) is 0.294. The molecule has 2 unspecified atom stereocenters. The quantitative estimate of drug-likeness (QED) is 0.866. The molecule has 2 aromatic rings. The summed E-state index contributed by atoms with van der Waals surface area (Å²) < 4.78 is 25.6. The molecule has 1 saturated heterocycles. The number of pyridine rings is 1. The summed E-state index contributed by atoms with van der Waals surface area (Å²) in [5.74, 6) is -0.890. The molecule has 3 rings (SSSR count). The summed E-state index contributed by atoms with van der Waals surface area (Å²) in [4.78, 5) is 15.5. The fourth-order valence-corrected chi connectivity index (χ4v) is 2.78. The van der Waals surface area contributed by atoms with Gasteiger partial charge in [0.2, 0.25) is 0 Å². The molecular weight excluding hydrogens is 349 g/mol. The van der Waals surface area contributed by atoms with E-state index < -0.39 is 23.9 Å². The summed E-state index contributed by atoms with van der Waals surface area (Å²) >= 11 is 5.75. The zero-order chi connectivity index (χ0) is 17.8. The van der Waals surface area contributed by atoms with Gasteiger partial charge in [-0.15, -0.1) is 0 Å². The minimum Gasteiger partial charge on any atom is -0.484 e. The lowest BCUT2D eigenvalue weighted by atomic mass is 10.0. The Kier molecular flexibility index (Phi) is 5.47. The van der Waals surface area contributed by atoms with Gasteiger partial charge in [-0.1, -0.05) is 17.7 Å². The van der Waals surface area contributed by atoms with E-state index in [1.165, 1.54) is 30.6 Å². The predicted molar refractivity (Wildman–Crippen MR) is 90.1 cm³/mol. The van der Waals surface area contributed by atoms with E-state index in [1.807, 2.05) is 0 Å². The van der Waals surface area contributed by atoms with Gasteiger partial charge in [0.1, 0.15) is 18.0 Å². The molecule has 132 valence electrons. The molecule has 0 bridgehead atoms. The first kappa shape index (κ1) is 17.6. The fourth-order valence-electron chi connectivity index (χ4n) is 2.66. The zero-order valence-corrected chi connectivity index (χ0v) is 14.0. The molecule has 1 amide bonds. The minimum atomic E-state index is -0.617. The molecule has 0 spiro atoms. The molecule has 6 nitrogen and oxygen atoms in total. The number of primary amides is 1. The summed E-state index contributed by atoms with van der Waals surface area (Å²) in [5.41, 5.74) is 6.19. The lowest BCUT2D eigenvalue weighted by molar-refractivity contribution is -0.00890. The van der Waals surface area contributed by atoms with Crippen LogP contribution in [0.3, 0.4) is 0 Å². The molecule has 8 heteroatoms. The Bertz CT molecular complexity index is 775. The van der Waals surface area contributed by atoms with E-state index in [-0.39, 0.29) is 16.3 Å². The highest BCUT2D eigenvalue weighted by atomic mass is 35.5. The van der Waals surface area contributed by atoms with Gasteiger partial charge in [-0.2, -0.15) is 0 Å². The highest BCUT2D eigenvalue weighted by molar-refractivity contribution is 6.30. The van der Waals surface area contributed by atoms with Gasteiger partial charge in [0.05, 0.1) is 23.4 Å². The standard InChI is InChI=1S/C17H17ClFN3O3/c18-12-2-1-10(7-13(12)19)16-15(9-22-5-6-24-16)25-14-8-21-4-3-11(14)17(20)23/h1-4,7-8,15-16,22H,5-6,9H2,(H2,20,23). The Morgan fingerprint density at radius 3 is 3.04 bits per heavy atom. The number of nitrogens with two attached hydrogens (primary N) is 1. The van der Waals surface area contributed by atoms with Crippen LogP contribution in [-0.4, -0.2) is 36.7 Å². The van der Waals surface area contributed by atoms with Gasteiger partial charge in [0.15, 0.2) is 5.75 Å². The Balaban J connectivity index is 1.91. The number of hydrogen-bond donors (Lipinski definition) is 2. The van der Waals surface area contributed by atoms with Crippen LogP contribution in [0, 0.1) is 5.82 Å². The van der Waals surface area contributed by atoms with Gasteiger partial charge >= 0.3 is 0 Å². The first-order valence-corrected chi connectivity index (χ1v) is 8.12. The number of amides is 1. The number of rotatable bonds is 4. The van der Waals surface area contributed by atoms with Crippen LogP contribution in [0.4, 0.5) is 4.39 Å². The number of nitrogens with one attached hydrogen (secondary N) is 1. The Hall–Kier alpha value is -2.22. The van der Waals surface area contributed by atoms with Gasteiger partial charge in [0.25, 0.3) is 5.91 Å². The first-order chi connectivity index (χ1) is 12.1. The molecule has 2 heterocycles. The van der Waals surface area contributed by atoms with Crippen molar-refractivity contribution in [2.24, 2.45) is 5.73 Å². The SMILES string of the molecule is NC(=O)c1ccncc1OC1CNCCOC1c1ccc(Cl)c(F)c1.